The van der Waals surface area contributed by atoms with Gasteiger partial charge in [-0.25, -0.2) is 0 Å². The van der Waals surface area contributed by atoms with E-state index in [4.69, 9.17) is 0 Å². The van der Waals surface area contributed by atoms with Crippen LogP contribution >= 0.6 is 0 Å². The van der Waals surface area contributed by atoms with Gasteiger partial charge < -0.3 is 10.2 Å². The van der Waals surface area contributed by atoms with Crippen molar-refractivity contribution in [1.82, 2.24) is 15.2 Å². The summed E-state index contributed by atoms with van der Waals surface area (Å²) < 4.78 is 0. The van der Waals surface area contributed by atoms with E-state index in [1.807, 2.05) is 12.1 Å². The topological polar surface area (TPSA) is 55.2 Å². The van der Waals surface area contributed by atoms with Crippen molar-refractivity contribution in [2.45, 2.75) is 24.9 Å². The molecular weight excluding hydrogens is 310 g/mol. The molecule has 3 aliphatic heterocycles. The molecule has 5 nitrogen and oxygen atoms in total. The summed E-state index contributed by atoms with van der Waals surface area (Å²) in [6.45, 7) is 5.64. The van der Waals surface area contributed by atoms with Crippen molar-refractivity contribution in [3.8, 4) is 6.07 Å². The Labute approximate surface area is 148 Å². The number of rotatable bonds is 1. The van der Waals surface area contributed by atoms with Gasteiger partial charge in [-0.05, 0) is 49.6 Å². The molecule has 4 heterocycles. The molecule has 1 N–H and O–H groups in total. The van der Waals surface area contributed by atoms with Crippen molar-refractivity contribution in [1.29, 1.82) is 5.26 Å². The fourth-order valence-corrected chi connectivity index (χ4v) is 5.11. The Morgan fingerprint density at radius 1 is 1.20 bits per heavy atom. The van der Waals surface area contributed by atoms with Crippen LogP contribution in [0, 0.1) is 17.2 Å². The lowest BCUT2D eigenvalue weighted by Crippen LogP contribution is -2.52. The minimum Gasteiger partial charge on any atom is -0.368 e. The van der Waals surface area contributed by atoms with E-state index in [0.717, 1.165) is 36.5 Å². The minimum atomic E-state index is 0.647. The van der Waals surface area contributed by atoms with Crippen LogP contribution < -0.4 is 10.2 Å². The van der Waals surface area contributed by atoms with Gasteiger partial charge in [0, 0.05) is 55.5 Å². The molecule has 0 saturated carbocycles. The summed E-state index contributed by atoms with van der Waals surface area (Å²) in [5, 5.41) is 14.2. The second-order valence-corrected chi connectivity index (χ2v) is 7.52. The van der Waals surface area contributed by atoms with Crippen LogP contribution in [0.1, 0.15) is 18.4 Å². The van der Waals surface area contributed by atoms with Gasteiger partial charge in [-0.3, -0.25) is 9.88 Å². The molecule has 3 aliphatic rings. The zero-order valence-corrected chi connectivity index (χ0v) is 14.4. The molecule has 0 spiro atoms. The molecule has 3 atom stereocenters. The van der Waals surface area contributed by atoms with Gasteiger partial charge in [-0.2, -0.15) is 5.26 Å². The highest BCUT2D eigenvalue weighted by molar-refractivity contribution is 5.95. The lowest BCUT2D eigenvalue weighted by atomic mass is 9.87. The zero-order valence-electron chi connectivity index (χ0n) is 14.4. The number of pyridine rings is 1. The summed E-state index contributed by atoms with van der Waals surface area (Å²) in [6, 6.07) is 11.7. The van der Waals surface area contributed by atoms with Gasteiger partial charge in [-0.15, -0.1) is 0 Å². The molecule has 5 rings (SSSR count). The number of benzene rings is 1. The van der Waals surface area contributed by atoms with Crippen LogP contribution in [0.3, 0.4) is 0 Å². The first kappa shape index (κ1) is 15.1. The number of piperidine rings is 1. The Kier molecular flexibility index (Phi) is 3.61. The molecule has 1 aromatic heterocycles. The van der Waals surface area contributed by atoms with Crippen LogP contribution in [-0.4, -0.2) is 54.7 Å². The van der Waals surface area contributed by atoms with Crippen LogP contribution in [0.25, 0.3) is 10.9 Å². The van der Waals surface area contributed by atoms with Gasteiger partial charge in [0.25, 0.3) is 0 Å². The quantitative estimate of drug-likeness (QED) is 0.865. The molecule has 0 radical (unpaired) electrons. The van der Waals surface area contributed by atoms with E-state index < -0.39 is 0 Å². The molecule has 0 aliphatic carbocycles. The first-order chi connectivity index (χ1) is 12.3. The summed E-state index contributed by atoms with van der Waals surface area (Å²) in [4.78, 5) is 9.68. The van der Waals surface area contributed by atoms with E-state index in [1.54, 1.807) is 6.20 Å². The maximum Gasteiger partial charge on any atom is 0.101 e. The highest BCUT2D eigenvalue weighted by Gasteiger charge is 2.44. The summed E-state index contributed by atoms with van der Waals surface area (Å²) in [5.41, 5.74) is 2.72. The summed E-state index contributed by atoms with van der Waals surface area (Å²) >= 11 is 0. The van der Waals surface area contributed by atoms with Crippen LogP contribution in [0.5, 0.6) is 0 Å². The molecule has 0 bridgehead atoms. The third-order valence-corrected chi connectivity index (χ3v) is 6.30. The molecule has 3 saturated heterocycles. The van der Waals surface area contributed by atoms with Gasteiger partial charge >= 0.3 is 0 Å². The zero-order chi connectivity index (χ0) is 16.8. The predicted molar refractivity (Wildman–Crippen MR) is 98.5 cm³/mol. The number of nitrogens with zero attached hydrogens (tertiary/aromatic N) is 4. The van der Waals surface area contributed by atoms with Crippen LogP contribution in [0.2, 0.25) is 0 Å². The molecular formula is C20H23N5. The number of nitrogens with one attached hydrogen (secondary N) is 1. The largest absolute Gasteiger partial charge is 0.368 e. The fraction of sp³-hybridized carbons (Fsp3) is 0.500. The van der Waals surface area contributed by atoms with Gasteiger partial charge in [0.15, 0.2) is 0 Å². The van der Waals surface area contributed by atoms with Gasteiger partial charge in [-0.1, -0.05) is 0 Å². The number of piperazine rings is 1. The second-order valence-electron chi connectivity index (χ2n) is 7.52. The summed E-state index contributed by atoms with van der Waals surface area (Å²) in [6.07, 6.45) is 4.43. The minimum absolute atomic E-state index is 0.647. The highest BCUT2D eigenvalue weighted by atomic mass is 15.3. The standard InChI is InChI=1S/C20H23N5/c21-11-14-5-6-18(16-4-2-8-23-20(14)16)25-10-9-24-12-17-15(19(24)13-25)3-1-7-22-17/h2,4-6,8,15,17,19,22H,1,3,7,9-10,12-13H2/t15?,17?,19-/m1/s1. The lowest BCUT2D eigenvalue weighted by molar-refractivity contribution is 0.195. The molecule has 0 amide bonds. The highest BCUT2D eigenvalue weighted by Crippen LogP contribution is 2.36. The number of aromatic nitrogens is 1. The van der Waals surface area contributed by atoms with Gasteiger partial charge in [0.2, 0.25) is 0 Å². The van der Waals surface area contributed by atoms with E-state index in [1.165, 1.54) is 31.6 Å². The van der Waals surface area contributed by atoms with E-state index >= 15 is 0 Å². The molecule has 128 valence electrons. The molecule has 2 aromatic rings. The van der Waals surface area contributed by atoms with Crippen LogP contribution in [0.15, 0.2) is 30.5 Å². The average molecular weight is 333 g/mol. The normalized spacial score (nSPS) is 29.2. The van der Waals surface area contributed by atoms with Crippen LogP contribution in [-0.2, 0) is 0 Å². The monoisotopic (exact) mass is 333 g/mol. The van der Waals surface area contributed by atoms with E-state index in [2.05, 4.69) is 38.3 Å². The molecule has 25 heavy (non-hydrogen) atoms. The van der Waals surface area contributed by atoms with Crippen molar-refractivity contribution in [3.63, 3.8) is 0 Å². The van der Waals surface area contributed by atoms with E-state index in [9.17, 15) is 5.26 Å². The van der Waals surface area contributed by atoms with Crippen molar-refractivity contribution in [2.75, 3.05) is 37.6 Å². The molecule has 1 aromatic carbocycles. The Morgan fingerprint density at radius 3 is 3.08 bits per heavy atom. The van der Waals surface area contributed by atoms with Crippen molar-refractivity contribution >= 4 is 16.6 Å². The number of nitriles is 1. The SMILES string of the molecule is N#Cc1ccc(N2CCN3CC4NCCCC4[C@H]3C2)c2cccnc12. The Balaban J connectivity index is 1.49. The first-order valence-electron chi connectivity index (χ1n) is 9.35. The van der Waals surface area contributed by atoms with Gasteiger partial charge in [0.05, 0.1) is 11.1 Å². The number of fused-ring (bicyclic) bond motifs is 4. The number of hydrogen-bond acceptors (Lipinski definition) is 5. The third-order valence-electron chi connectivity index (χ3n) is 6.30. The number of anilines is 1. The van der Waals surface area contributed by atoms with Crippen molar-refractivity contribution in [3.05, 3.63) is 36.0 Å². The van der Waals surface area contributed by atoms with Gasteiger partial charge in [0.1, 0.15) is 6.07 Å². The lowest BCUT2D eigenvalue weighted by Gasteiger charge is -2.41. The predicted octanol–water partition coefficient (Wildman–Crippen LogP) is 1.98. The summed E-state index contributed by atoms with van der Waals surface area (Å²) in [5.74, 6) is 0.777. The maximum absolute atomic E-state index is 9.37. The molecule has 5 heteroatoms. The Bertz CT molecular complexity index is 842. The second kappa shape index (κ2) is 5.98. The Morgan fingerprint density at radius 2 is 2.16 bits per heavy atom. The van der Waals surface area contributed by atoms with E-state index in [-0.39, 0.29) is 0 Å². The van der Waals surface area contributed by atoms with Crippen molar-refractivity contribution in [2.24, 2.45) is 5.92 Å². The fourth-order valence-electron chi connectivity index (χ4n) is 5.11. The third kappa shape index (κ3) is 2.40. The molecule has 2 unspecified atom stereocenters. The van der Waals surface area contributed by atoms with E-state index in [0.29, 0.717) is 17.6 Å². The summed E-state index contributed by atoms with van der Waals surface area (Å²) in [7, 11) is 0. The smallest absolute Gasteiger partial charge is 0.101 e. The van der Waals surface area contributed by atoms with Crippen LogP contribution in [0.4, 0.5) is 5.69 Å². The van der Waals surface area contributed by atoms with Crippen molar-refractivity contribution < 1.29 is 0 Å². The maximum atomic E-state index is 9.37. The Hall–Kier alpha value is -2.16. The molecule has 3 fully saturated rings. The first-order valence-corrected chi connectivity index (χ1v) is 9.35. The average Bonchev–Trinajstić information content (AvgIpc) is 3.05. The number of hydrogen-bond donors (Lipinski definition) is 1.